The third-order valence-electron chi connectivity index (χ3n) is 4.36. The van der Waals surface area contributed by atoms with E-state index in [0.717, 1.165) is 0 Å². The van der Waals surface area contributed by atoms with Gasteiger partial charge in [0.2, 0.25) is 5.91 Å². The van der Waals surface area contributed by atoms with Crippen LogP contribution in [0.1, 0.15) is 13.8 Å². The molecule has 2 amide bonds. The average Bonchev–Trinajstić information content (AvgIpc) is 3.21. The van der Waals surface area contributed by atoms with E-state index in [9.17, 15) is 19.2 Å². The van der Waals surface area contributed by atoms with Gasteiger partial charge >= 0.3 is 11.9 Å². The Bertz CT molecular complexity index is 879. The molecule has 1 fully saturated rings. The highest BCUT2D eigenvalue weighted by atomic mass is 32.2. The number of amides is 2. The van der Waals surface area contributed by atoms with Gasteiger partial charge in [-0.05, 0) is 17.5 Å². The number of hydrogen-bond donors (Lipinski definition) is 0. The molecule has 0 saturated carbocycles. The Morgan fingerprint density at radius 3 is 2.69 bits per heavy atom. The Morgan fingerprint density at radius 1 is 1.34 bits per heavy atom. The molecule has 2 aliphatic rings. The maximum absolute atomic E-state index is 13.1. The zero-order chi connectivity index (χ0) is 21.1. The average molecular weight is 437 g/mol. The molecule has 0 N–H and O–H groups in total. The molecule has 0 bridgehead atoms. The van der Waals surface area contributed by atoms with Crippen molar-refractivity contribution in [2.45, 2.75) is 25.3 Å². The highest BCUT2D eigenvalue weighted by molar-refractivity contribution is 8.00. The van der Waals surface area contributed by atoms with Crippen molar-refractivity contribution in [1.29, 1.82) is 0 Å². The van der Waals surface area contributed by atoms with Crippen LogP contribution in [0.3, 0.4) is 0 Å². The number of thioether (sulfide) groups is 1. The smallest absolute Gasteiger partial charge is 0.355 e. The highest BCUT2D eigenvalue weighted by Crippen LogP contribution is 2.44. The normalized spacial score (nSPS) is 20.5. The summed E-state index contributed by atoms with van der Waals surface area (Å²) in [4.78, 5) is 52.0. The van der Waals surface area contributed by atoms with Gasteiger partial charge in [-0.2, -0.15) is 0 Å². The minimum atomic E-state index is -0.714. The molecule has 2 atom stereocenters. The maximum Gasteiger partial charge on any atom is 0.355 e. The lowest BCUT2D eigenvalue weighted by Crippen LogP contribution is -2.71. The van der Waals surface area contributed by atoms with Gasteiger partial charge in [0, 0.05) is 25.2 Å². The third-order valence-corrected chi connectivity index (χ3v) is 6.55. The van der Waals surface area contributed by atoms with Crippen LogP contribution in [0.4, 0.5) is 5.00 Å². The van der Waals surface area contributed by atoms with Gasteiger partial charge in [-0.1, -0.05) is 12.7 Å². The van der Waals surface area contributed by atoms with E-state index in [1.54, 1.807) is 12.1 Å². The van der Waals surface area contributed by atoms with Gasteiger partial charge in [0.1, 0.15) is 30.3 Å². The van der Waals surface area contributed by atoms with E-state index in [4.69, 9.17) is 9.47 Å². The van der Waals surface area contributed by atoms with E-state index in [1.165, 1.54) is 52.8 Å². The second kappa shape index (κ2) is 8.83. The van der Waals surface area contributed by atoms with Gasteiger partial charge < -0.3 is 9.47 Å². The SMILES string of the molecule is C=CCOC(=O)C1=C(COC(C)=O)CSC2C(N(C(C)=O)c3cccs3)C(=O)N12. The predicted molar refractivity (Wildman–Crippen MR) is 109 cm³/mol. The van der Waals surface area contributed by atoms with Crippen molar-refractivity contribution in [2.24, 2.45) is 0 Å². The summed E-state index contributed by atoms with van der Waals surface area (Å²) < 4.78 is 10.2. The first kappa shape index (κ1) is 21.1. The minimum absolute atomic E-state index is 0.0127. The van der Waals surface area contributed by atoms with Crippen LogP contribution < -0.4 is 4.90 Å². The first-order valence-electron chi connectivity index (χ1n) is 8.78. The Labute approximate surface area is 176 Å². The molecule has 8 nitrogen and oxygen atoms in total. The van der Waals surface area contributed by atoms with Crippen molar-refractivity contribution in [3.8, 4) is 0 Å². The standard InChI is InChI=1S/C19H20N2O6S2/c1-4-7-26-19(25)15-13(9-27-12(3)23)10-29-18-16(17(24)21(15)18)20(11(2)22)14-6-5-8-28-14/h4-6,8,16,18H,1,7,9-10H2,2-3H3. The van der Waals surface area contributed by atoms with Crippen molar-refractivity contribution < 1.29 is 28.7 Å². The monoisotopic (exact) mass is 436 g/mol. The zero-order valence-corrected chi connectivity index (χ0v) is 17.6. The van der Waals surface area contributed by atoms with E-state index in [-0.39, 0.29) is 30.7 Å². The molecule has 0 radical (unpaired) electrons. The highest BCUT2D eigenvalue weighted by Gasteiger charge is 2.57. The van der Waals surface area contributed by atoms with Crippen molar-refractivity contribution in [2.75, 3.05) is 23.9 Å². The van der Waals surface area contributed by atoms with Crippen LogP contribution in [-0.2, 0) is 28.7 Å². The Kier molecular flexibility index (Phi) is 6.43. The van der Waals surface area contributed by atoms with Crippen LogP contribution in [0.5, 0.6) is 0 Å². The van der Waals surface area contributed by atoms with Crippen molar-refractivity contribution >= 4 is 51.9 Å². The summed E-state index contributed by atoms with van der Waals surface area (Å²) in [5, 5.41) is 2.07. The number of ether oxygens (including phenoxy) is 2. The van der Waals surface area contributed by atoms with Crippen LogP contribution in [0.25, 0.3) is 0 Å². The van der Waals surface area contributed by atoms with Gasteiger partial charge in [-0.3, -0.25) is 24.2 Å². The first-order chi connectivity index (χ1) is 13.9. The summed E-state index contributed by atoms with van der Waals surface area (Å²) in [5.41, 5.74) is 0.570. The lowest BCUT2D eigenvalue weighted by molar-refractivity contribution is -0.151. The number of β-lactam (4-membered cyclic amide) rings is 1. The van der Waals surface area contributed by atoms with Crippen molar-refractivity contribution in [1.82, 2.24) is 4.90 Å². The van der Waals surface area contributed by atoms with E-state index < -0.39 is 23.4 Å². The fraction of sp³-hybridized carbons (Fsp3) is 0.368. The largest absolute Gasteiger partial charge is 0.461 e. The van der Waals surface area contributed by atoms with Gasteiger partial charge in [0.05, 0.1) is 5.00 Å². The minimum Gasteiger partial charge on any atom is -0.461 e. The Morgan fingerprint density at radius 2 is 2.10 bits per heavy atom. The molecule has 0 spiro atoms. The molecule has 0 aromatic carbocycles. The van der Waals surface area contributed by atoms with E-state index >= 15 is 0 Å². The second-order valence-electron chi connectivity index (χ2n) is 6.31. The lowest BCUT2D eigenvalue weighted by atomic mass is 10.0. The molecule has 1 aromatic heterocycles. The van der Waals surface area contributed by atoms with Gasteiger partial charge in [0.15, 0.2) is 0 Å². The van der Waals surface area contributed by atoms with E-state index in [0.29, 0.717) is 16.3 Å². The molecule has 1 aromatic rings. The number of carbonyl (C=O) groups excluding carboxylic acids is 4. The third kappa shape index (κ3) is 4.08. The van der Waals surface area contributed by atoms with Crippen LogP contribution in [0, 0.1) is 0 Å². The number of esters is 2. The van der Waals surface area contributed by atoms with Crippen molar-refractivity contribution in [3.63, 3.8) is 0 Å². The quantitative estimate of drug-likeness (QED) is 0.366. The molecule has 2 aliphatic heterocycles. The number of rotatable bonds is 7. The molecule has 3 rings (SSSR count). The summed E-state index contributed by atoms with van der Waals surface area (Å²) in [6, 6.07) is 2.87. The summed E-state index contributed by atoms with van der Waals surface area (Å²) in [6.45, 7) is 6.07. The molecular formula is C19H20N2O6S2. The van der Waals surface area contributed by atoms with E-state index in [2.05, 4.69) is 6.58 Å². The van der Waals surface area contributed by atoms with Gasteiger partial charge in [-0.15, -0.1) is 23.1 Å². The fourth-order valence-corrected chi connectivity index (χ4v) is 5.33. The Balaban J connectivity index is 1.91. The molecular weight excluding hydrogens is 416 g/mol. The predicted octanol–water partition coefficient (Wildman–Crippen LogP) is 1.93. The summed E-state index contributed by atoms with van der Waals surface area (Å²) in [6.07, 6.45) is 1.42. The number of anilines is 1. The van der Waals surface area contributed by atoms with Crippen LogP contribution in [-0.4, -0.2) is 59.0 Å². The van der Waals surface area contributed by atoms with Crippen LogP contribution in [0.15, 0.2) is 41.4 Å². The molecule has 154 valence electrons. The maximum atomic E-state index is 13.1. The molecule has 0 aliphatic carbocycles. The van der Waals surface area contributed by atoms with Crippen LogP contribution in [0.2, 0.25) is 0 Å². The number of fused-ring (bicyclic) bond motifs is 1. The van der Waals surface area contributed by atoms with Gasteiger partial charge in [0.25, 0.3) is 5.91 Å². The lowest BCUT2D eigenvalue weighted by Gasteiger charge is -2.52. The second-order valence-corrected chi connectivity index (χ2v) is 8.35. The number of nitrogens with zero attached hydrogens (tertiary/aromatic N) is 2. The number of hydrogen-bond acceptors (Lipinski definition) is 8. The summed E-state index contributed by atoms with van der Waals surface area (Å²) in [5.74, 6) is -1.44. The van der Waals surface area contributed by atoms with Crippen LogP contribution >= 0.6 is 23.1 Å². The fourth-order valence-electron chi connectivity index (χ4n) is 3.15. The van der Waals surface area contributed by atoms with E-state index in [1.807, 2.05) is 5.38 Å². The topological polar surface area (TPSA) is 93.2 Å². The molecule has 2 unspecified atom stereocenters. The Hall–Kier alpha value is -2.59. The van der Waals surface area contributed by atoms with Gasteiger partial charge in [-0.25, -0.2) is 4.79 Å². The first-order valence-corrected chi connectivity index (χ1v) is 10.7. The molecule has 3 heterocycles. The molecule has 10 heteroatoms. The van der Waals surface area contributed by atoms with Crippen molar-refractivity contribution in [3.05, 3.63) is 41.4 Å². The number of carbonyl (C=O) groups is 4. The summed E-state index contributed by atoms with van der Waals surface area (Å²) in [7, 11) is 0. The molecule has 1 saturated heterocycles. The zero-order valence-electron chi connectivity index (χ0n) is 16.0. The number of thiophene rings is 1. The molecule has 29 heavy (non-hydrogen) atoms. The summed E-state index contributed by atoms with van der Waals surface area (Å²) >= 11 is 2.77.